The Morgan fingerprint density at radius 1 is 0.889 bits per heavy atom. The maximum Gasteiger partial charge on any atom is 0.269 e. The van der Waals surface area contributed by atoms with Gasteiger partial charge in [0.05, 0.1) is 21.3 Å². The van der Waals surface area contributed by atoms with Crippen molar-refractivity contribution in [1.82, 2.24) is 10.9 Å². The van der Waals surface area contributed by atoms with Gasteiger partial charge in [0.2, 0.25) is 0 Å². The van der Waals surface area contributed by atoms with Crippen molar-refractivity contribution in [1.29, 1.82) is 0 Å². The Kier molecular flexibility index (Phi) is 6.82. The number of carbonyl (C=O) groups is 2. The molecule has 0 heterocycles. The molecule has 0 atom stereocenters. The van der Waals surface area contributed by atoms with E-state index in [9.17, 15) is 9.59 Å². The summed E-state index contributed by atoms with van der Waals surface area (Å²) in [7, 11) is 4.56. The van der Waals surface area contributed by atoms with Crippen molar-refractivity contribution in [3.63, 3.8) is 0 Å². The van der Waals surface area contributed by atoms with E-state index in [1.54, 1.807) is 30.3 Å². The van der Waals surface area contributed by atoms with Crippen LogP contribution in [0.5, 0.6) is 17.2 Å². The van der Waals surface area contributed by atoms with Crippen molar-refractivity contribution in [3.8, 4) is 17.2 Å². The second-order valence-electron chi connectivity index (χ2n) is 5.54. The summed E-state index contributed by atoms with van der Waals surface area (Å²) < 4.78 is 15.8. The van der Waals surface area contributed by atoms with E-state index in [1.165, 1.54) is 27.4 Å². The van der Waals surface area contributed by atoms with Crippen LogP contribution >= 0.6 is 0 Å². The van der Waals surface area contributed by atoms with E-state index in [0.717, 1.165) is 5.56 Å². The van der Waals surface area contributed by atoms with Crippen LogP contribution in [0.15, 0.2) is 42.5 Å². The summed E-state index contributed by atoms with van der Waals surface area (Å²) in [5, 5.41) is 0. The van der Waals surface area contributed by atoms with Crippen LogP contribution < -0.4 is 25.1 Å². The van der Waals surface area contributed by atoms with Crippen LogP contribution in [0, 0.1) is 6.92 Å². The van der Waals surface area contributed by atoms with E-state index in [-0.39, 0.29) is 0 Å². The van der Waals surface area contributed by atoms with E-state index in [1.807, 2.05) is 19.1 Å². The molecular weight excluding hydrogens is 348 g/mol. The fraction of sp³-hybridized carbons (Fsp3) is 0.200. The third-order valence-corrected chi connectivity index (χ3v) is 3.84. The van der Waals surface area contributed by atoms with Crippen molar-refractivity contribution in [2.75, 3.05) is 21.3 Å². The molecule has 7 nitrogen and oxygen atoms in total. The fourth-order valence-corrected chi connectivity index (χ4v) is 2.40. The highest BCUT2D eigenvalue weighted by molar-refractivity contribution is 5.98. The minimum atomic E-state index is -0.492. The molecule has 0 aliphatic carbocycles. The Hall–Kier alpha value is -3.48. The van der Waals surface area contributed by atoms with Crippen molar-refractivity contribution in [2.45, 2.75) is 6.92 Å². The first-order valence-corrected chi connectivity index (χ1v) is 8.14. The summed E-state index contributed by atoms with van der Waals surface area (Å²) in [6.07, 6.45) is 2.83. The van der Waals surface area contributed by atoms with Crippen LogP contribution in [-0.2, 0) is 4.79 Å². The zero-order valence-electron chi connectivity index (χ0n) is 15.7. The van der Waals surface area contributed by atoms with Crippen LogP contribution in [0.1, 0.15) is 21.5 Å². The number of benzene rings is 2. The molecule has 0 aromatic heterocycles. The molecule has 0 saturated heterocycles. The number of hydrogen-bond acceptors (Lipinski definition) is 5. The molecule has 27 heavy (non-hydrogen) atoms. The molecule has 2 aromatic carbocycles. The van der Waals surface area contributed by atoms with Gasteiger partial charge in [-0.3, -0.25) is 20.4 Å². The first-order chi connectivity index (χ1) is 13.0. The Labute approximate surface area is 157 Å². The number of hydrogen-bond donors (Lipinski definition) is 2. The molecule has 2 aromatic rings. The van der Waals surface area contributed by atoms with Gasteiger partial charge in [-0.05, 0) is 30.7 Å². The van der Waals surface area contributed by atoms with Crippen LogP contribution in [-0.4, -0.2) is 33.1 Å². The Morgan fingerprint density at radius 2 is 1.52 bits per heavy atom. The van der Waals surface area contributed by atoms with Crippen molar-refractivity contribution < 1.29 is 23.8 Å². The zero-order valence-corrected chi connectivity index (χ0v) is 15.7. The van der Waals surface area contributed by atoms with Gasteiger partial charge in [-0.25, -0.2) is 0 Å². The van der Waals surface area contributed by atoms with Gasteiger partial charge >= 0.3 is 0 Å². The van der Waals surface area contributed by atoms with E-state index >= 15 is 0 Å². The maximum absolute atomic E-state index is 12.1. The van der Waals surface area contributed by atoms with Crippen LogP contribution in [0.4, 0.5) is 0 Å². The molecule has 2 rings (SSSR count). The van der Waals surface area contributed by atoms with Gasteiger partial charge < -0.3 is 14.2 Å². The summed E-state index contributed by atoms with van der Waals surface area (Å²) >= 11 is 0. The highest BCUT2D eigenvalue weighted by Gasteiger charge is 2.11. The summed E-state index contributed by atoms with van der Waals surface area (Å²) in [6, 6.07) is 10.4. The first kappa shape index (κ1) is 19.8. The second-order valence-corrected chi connectivity index (χ2v) is 5.54. The number of nitrogens with one attached hydrogen (secondary N) is 2. The summed E-state index contributed by atoms with van der Waals surface area (Å²) in [5.74, 6) is 0.653. The molecule has 7 heteroatoms. The number of hydrazine groups is 1. The molecule has 0 spiro atoms. The largest absolute Gasteiger partial charge is 0.496 e. The zero-order chi connectivity index (χ0) is 19.8. The van der Waals surface area contributed by atoms with E-state index in [0.29, 0.717) is 28.4 Å². The van der Waals surface area contributed by atoms with E-state index < -0.39 is 11.8 Å². The molecule has 0 fully saturated rings. The number of aryl methyl sites for hydroxylation is 1. The lowest BCUT2D eigenvalue weighted by atomic mass is 10.1. The van der Waals surface area contributed by atoms with Gasteiger partial charge in [0.1, 0.15) is 5.75 Å². The maximum atomic E-state index is 12.1. The summed E-state index contributed by atoms with van der Waals surface area (Å²) in [5.41, 5.74) is 6.65. The van der Waals surface area contributed by atoms with Crippen molar-refractivity contribution in [2.24, 2.45) is 0 Å². The summed E-state index contributed by atoms with van der Waals surface area (Å²) in [4.78, 5) is 24.1. The van der Waals surface area contributed by atoms with Crippen LogP contribution in [0.3, 0.4) is 0 Å². The van der Waals surface area contributed by atoms with Crippen molar-refractivity contribution >= 4 is 17.9 Å². The Bertz CT molecular complexity index is 861. The molecule has 0 aliphatic heterocycles. The lowest BCUT2D eigenvalue weighted by Gasteiger charge is -2.12. The molecule has 0 radical (unpaired) electrons. The van der Waals surface area contributed by atoms with Gasteiger partial charge in [0.15, 0.2) is 11.5 Å². The summed E-state index contributed by atoms with van der Waals surface area (Å²) in [6.45, 7) is 1.82. The third kappa shape index (κ3) is 5.01. The topological polar surface area (TPSA) is 85.9 Å². The number of ether oxygens (including phenoxy) is 3. The monoisotopic (exact) mass is 370 g/mol. The standard InChI is InChI=1S/C20H22N2O5/c1-13-7-5-6-8-15(13)20(24)22-21-19(23)10-9-14-11-17(26-3)18(27-4)12-16(14)25-2/h5-12H,1-4H3,(H,21,23)(H,22,24)/b10-9+. The predicted molar refractivity (Wildman–Crippen MR) is 102 cm³/mol. The first-order valence-electron chi connectivity index (χ1n) is 8.14. The molecule has 142 valence electrons. The van der Waals surface area contributed by atoms with Crippen molar-refractivity contribution in [3.05, 3.63) is 59.2 Å². The van der Waals surface area contributed by atoms with Gasteiger partial charge in [-0.2, -0.15) is 0 Å². The van der Waals surface area contributed by atoms with Crippen LogP contribution in [0.25, 0.3) is 6.08 Å². The minimum Gasteiger partial charge on any atom is -0.496 e. The quantitative estimate of drug-likeness (QED) is 0.603. The SMILES string of the molecule is COc1cc(OC)c(OC)cc1/C=C/C(=O)NNC(=O)c1ccccc1C. The smallest absolute Gasteiger partial charge is 0.269 e. The predicted octanol–water partition coefficient (Wildman–Crippen LogP) is 2.50. The van der Waals surface area contributed by atoms with E-state index in [4.69, 9.17) is 14.2 Å². The van der Waals surface area contributed by atoms with Gasteiger partial charge in [-0.15, -0.1) is 0 Å². The Morgan fingerprint density at radius 3 is 2.15 bits per heavy atom. The van der Waals surface area contributed by atoms with Gasteiger partial charge in [0.25, 0.3) is 11.8 Å². The van der Waals surface area contributed by atoms with Gasteiger partial charge in [-0.1, -0.05) is 18.2 Å². The molecular formula is C20H22N2O5. The third-order valence-electron chi connectivity index (χ3n) is 3.84. The molecule has 0 saturated carbocycles. The molecule has 2 N–H and O–H groups in total. The number of methoxy groups -OCH3 is 3. The fourth-order valence-electron chi connectivity index (χ4n) is 2.40. The number of rotatable bonds is 6. The number of amides is 2. The highest BCUT2D eigenvalue weighted by Crippen LogP contribution is 2.35. The molecule has 0 unspecified atom stereocenters. The average molecular weight is 370 g/mol. The molecule has 0 aliphatic rings. The molecule has 0 bridgehead atoms. The lowest BCUT2D eigenvalue weighted by molar-refractivity contribution is -0.117. The second kappa shape index (κ2) is 9.28. The normalized spacial score (nSPS) is 10.4. The van der Waals surface area contributed by atoms with Crippen LogP contribution in [0.2, 0.25) is 0 Å². The highest BCUT2D eigenvalue weighted by atomic mass is 16.5. The van der Waals surface area contributed by atoms with E-state index in [2.05, 4.69) is 10.9 Å². The number of carbonyl (C=O) groups excluding carboxylic acids is 2. The Balaban J connectivity index is 2.06. The minimum absolute atomic E-state index is 0.390. The average Bonchev–Trinajstić information content (AvgIpc) is 2.69. The molecule has 2 amide bonds. The van der Waals surface area contributed by atoms with Gasteiger partial charge in [0, 0.05) is 23.3 Å². The lowest BCUT2D eigenvalue weighted by Crippen LogP contribution is -2.41.